The summed E-state index contributed by atoms with van der Waals surface area (Å²) in [6.07, 6.45) is 3.51. The van der Waals surface area contributed by atoms with Gasteiger partial charge in [0.2, 0.25) is 5.91 Å². The van der Waals surface area contributed by atoms with E-state index < -0.39 is 0 Å². The highest BCUT2D eigenvalue weighted by atomic mass is 79.9. The van der Waals surface area contributed by atoms with Crippen LogP contribution < -0.4 is 5.32 Å². The summed E-state index contributed by atoms with van der Waals surface area (Å²) >= 11 is 3.29. The van der Waals surface area contributed by atoms with Crippen molar-refractivity contribution >= 4 is 27.5 Å². The Morgan fingerprint density at radius 1 is 1.62 bits per heavy atom. The second-order valence-corrected chi connectivity index (χ2v) is 4.50. The number of hydrogen-bond acceptors (Lipinski definition) is 3. The normalized spacial score (nSPS) is 20.4. The average Bonchev–Trinajstić information content (AvgIpc) is 2.33. The van der Waals surface area contributed by atoms with Crippen molar-refractivity contribution in [2.45, 2.75) is 12.8 Å². The van der Waals surface area contributed by atoms with Crippen LogP contribution in [0.2, 0.25) is 0 Å². The number of amides is 1. The predicted molar refractivity (Wildman–Crippen MR) is 64.1 cm³/mol. The molecule has 0 bridgehead atoms. The van der Waals surface area contributed by atoms with Crippen LogP contribution in [0, 0.1) is 5.92 Å². The molecule has 86 valence electrons. The molecule has 0 spiro atoms. The molecule has 1 unspecified atom stereocenters. The van der Waals surface area contributed by atoms with Crippen molar-refractivity contribution in [3.8, 4) is 0 Å². The Hall–Kier alpha value is -0.940. The maximum absolute atomic E-state index is 11.9. The van der Waals surface area contributed by atoms with Crippen molar-refractivity contribution < 1.29 is 9.53 Å². The molecule has 1 amide bonds. The zero-order valence-corrected chi connectivity index (χ0v) is 10.4. The number of pyridine rings is 1. The van der Waals surface area contributed by atoms with Crippen LogP contribution >= 0.6 is 15.9 Å². The van der Waals surface area contributed by atoms with E-state index in [9.17, 15) is 4.79 Å². The molecule has 0 aliphatic carbocycles. The number of rotatable bonds is 2. The number of carbonyl (C=O) groups is 1. The molecule has 1 aromatic heterocycles. The summed E-state index contributed by atoms with van der Waals surface area (Å²) in [7, 11) is 0. The van der Waals surface area contributed by atoms with Gasteiger partial charge in [-0.1, -0.05) is 0 Å². The van der Waals surface area contributed by atoms with Gasteiger partial charge in [0.1, 0.15) is 4.60 Å². The molecule has 1 aliphatic rings. The van der Waals surface area contributed by atoms with Gasteiger partial charge in [-0.15, -0.1) is 0 Å². The van der Waals surface area contributed by atoms with E-state index in [1.807, 2.05) is 6.07 Å². The van der Waals surface area contributed by atoms with Crippen LogP contribution in [0.25, 0.3) is 0 Å². The lowest BCUT2D eigenvalue weighted by Crippen LogP contribution is -2.30. The van der Waals surface area contributed by atoms with Crippen LogP contribution in [-0.2, 0) is 9.53 Å². The van der Waals surface area contributed by atoms with E-state index in [-0.39, 0.29) is 11.8 Å². The Balaban J connectivity index is 1.99. The van der Waals surface area contributed by atoms with Crippen LogP contribution in [-0.4, -0.2) is 24.1 Å². The van der Waals surface area contributed by atoms with Gasteiger partial charge in [0, 0.05) is 12.8 Å². The molecule has 0 radical (unpaired) electrons. The molecule has 1 aliphatic heterocycles. The Morgan fingerprint density at radius 2 is 2.50 bits per heavy atom. The fourth-order valence-electron chi connectivity index (χ4n) is 1.66. The van der Waals surface area contributed by atoms with Crippen molar-refractivity contribution in [3.05, 3.63) is 22.9 Å². The number of ether oxygens (including phenoxy) is 1. The Kier molecular flexibility index (Phi) is 3.90. The zero-order chi connectivity index (χ0) is 11.4. The Morgan fingerprint density at radius 3 is 3.19 bits per heavy atom. The van der Waals surface area contributed by atoms with Crippen LogP contribution in [0.15, 0.2) is 22.9 Å². The van der Waals surface area contributed by atoms with Crippen molar-refractivity contribution in [3.63, 3.8) is 0 Å². The van der Waals surface area contributed by atoms with Gasteiger partial charge in [-0.05, 0) is 40.9 Å². The first-order valence-electron chi connectivity index (χ1n) is 5.26. The molecule has 2 rings (SSSR count). The molecule has 1 fully saturated rings. The first kappa shape index (κ1) is 11.5. The van der Waals surface area contributed by atoms with E-state index in [2.05, 4.69) is 26.2 Å². The molecule has 16 heavy (non-hydrogen) atoms. The molecule has 1 N–H and O–H groups in total. The lowest BCUT2D eigenvalue weighted by atomic mass is 10.0. The minimum absolute atomic E-state index is 0.00778. The molecule has 5 heteroatoms. The largest absolute Gasteiger partial charge is 0.381 e. The van der Waals surface area contributed by atoms with E-state index in [1.165, 1.54) is 0 Å². The third kappa shape index (κ3) is 2.80. The van der Waals surface area contributed by atoms with Crippen LogP contribution in [0.5, 0.6) is 0 Å². The van der Waals surface area contributed by atoms with Gasteiger partial charge < -0.3 is 10.1 Å². The van der Waals surface area contributed by atoms with E-state index in [0.717, 1.165) is 19.4 Å². The van der Waals surface area contributed by atoms with Gasteiger partial charge in [0.05, 0.1) is 18.2 Å². The third-order valence-corrected chi connectivity index (χ3v) is 3.18. The molecule has 0 saturated carbocycles. The number of nitrogens with one attached hydrogen (secondary N) is 1. The van der Waals surface area contributed by atoms with Crippen molar-refractivity contribution in [1.29, 1.82) is 0 Å². The second-order valence-electron chi connectivity index (χ2n) is 3.75. The molecule has 1 atom stereocenters. The van der Waals surface area contributed by atoms with Gasteiger partial charge in [-0.25, -0.2) is 4.98 Å². The quantitative estimate of drug-likeness (QED) is 0.848. The maximum Gasteiger partial charge on any atom is 0.229 e. The Labute approximate surface area is 103 Å². The summed E-state index contributed by atoms with van der Waals surface area (Å²) in [6, 6.07) is 3.61. The second kappa shape index (κ2) is 5.41. The van der Waals surface area contributed by atoms with Crippen LogP contribution in [0.3, 0.4) is 0 Å². The zero-order valence-electron chi connectivity index (χ0n) is 8.78. The predicted octanol–water partition coefficient (Wildman–Crippen LogP) is 2.21. The number of carbonyl (C=O) groups excluding carboxylic acids is 1. The highest BCUT2D eigenvalue weighted by molar-refractivity contribution is 9.10. The van der Waals surface area contributed by atoms with Gasteiger partial charge in [-0.2, -0.15) is 0 Å². The van der Waals surface area contributed by atoms with Crippen LogP contribution in [0.1, 0.15) is 12.8 Å². The number of hydrogen-bond donors (Lipinski definition) is 1. The fraction of sp³-hybridized carbons (Fsp3) is 0.455. The summed E-state index contributed by atoms with van der Waals surface area (Å²) in [5, 5.41) is 2.85. The molecular formula is C11H13BrN2O2. The van der Waals surface area contributed by atoms with Crippen molar-refractivity contribution in [2.24, 2.45) is 5.92 Å². The number of aromatic nitrogens is 1. The van der Waals surface area contributed by atoms with Gasteiger partial charge in [-0.3, -0.25) is 4.79 Å². The fourth-order valence-corrected chi connectivity index (χ4v) is 2.01. The van der Waals surface area contributed by atoms with Crippen molar-refractivity contribution in [1.82, 2.24) is 4.98 Å². The highest BCUT2D eigenvalue weighted by Crippen LogP contribution is 2.21. The summed E-state index contributed by atoms with van der Waals surface area (Å²) in [4.78, 5) is 15.9. The molecule has 0 aromatic carbocycles. The van der Waals surface area contributed by atoms with E-state index >= 15 is 0 Å². The monoisotopic (exact) mass is 284 g/mol. The smallest absolute Gasteiger partial charge is 0.229 e. The summed E-state index contributed by atoms with van der Waals surface area (Å²) in [5.41, 5.74) is 0.707. The topological polar surface area (TPSA) is 51.2 Å². The lowest BCUT2D eigenvalue weighted by molar-refractivity contribution is -0.123. The summed E-state index contributed by atoms with van der Waals surface area (Å²) in [6.45, 7) is 1.28. The first-order valence-corrected chi connectivity index (χ1v) is 6.06. The molecule has 1 aromatic rings. The molecular weight excluding hydrogens is 272 g/mol. The molecule has 1 saturated heterocycles. The first-order chi connectivity index (χ1) is 7.77. The minimum atomic E-state index is -0.0409. The number of anilines is 1. The Bertz CT molecular complexity index is 378. The standard InChI is InChI=1S/C11H13BrN2O2/c12-10-9(4-1-5-13-10)14-11(15)8-3-2-6-16-7-8/h1,4-5,8H,2-3,6-7H2,(H,14,15). The summed E-state index contributed by atoms with van der Waals surface area (Å²) in [5.74, 6) is -0.0331. The van der Waals surface area contributed by atoms with Gasteiger partial charge >= 0.3 is 0 Å². The molecule has 2 heterocycles. The van der Waals surface area contributed by atoms with Gasteiger partial charge in [0.25, 0.3) is 0 Å². The van der Waals surface area contributed by atoms with Gasteiger partial charge in [0.15, 0.2) is 0 Å². The SMILES string of the molecule is O=C(Nc1cccnc1Br)C1CCCOC1. The van der Waals surface area contributed by atoms with E-state index in [0.29, 0.717) is 16.9 Å². The number of nitrogens with zero attached hydrogens (tertiary/aromatic N) is 1. The maximum atomic E-state index is 11.9. The minimum Gasteiger partial charge on any atom is -0.381 e. The van der Waals surface area contributed by atoms with E-state index in [1.54, 1.807) is 12.3 Å². The highest BCUT2D eigenvalue weighted by Gasteiger charge is 2.22. The lowest BCUT2D eigenvalue weighted by Gasteiger charge is -2.21. The number of halogens is 1. The third-order valence-electron chi connectivity index (χ3n) is 2.55. The van der Waals surface area contributed by atoms with Crippen LogP contribution in [0.4, 0.5) is 5.69 Å². The summed E-state index contributed by atoms with van der Waals surface area (Å²) < 4.78 is 5.94. The van der Waals surface area contributed by atoms with E-state index in [4.69, 9.17) is 4.74 Å². The average molecular weight is 285 g/mol. The van der Waals surface area contributed by atoms with Crippen molar-refractivity contribution in [2.75, 3.05) is 18.5 Å². The molecule has 4 nitrogen and oxygen atoms in total.